The first-order valence-corrected chi connectivity index (χ1v) is 10.2. The van der Waals surface area contributed by atoms with Crippen LogP contribution in [0.3, 0.4) is 0 Å². The largest absolute Gasteiger partial charge is 0.417 e. The normalized spacial score (nSPS) is 16.2. The van der Waals surface area contributed by atoms with Crippen molar-refractivity contribution >= 4 is 45.5 Å². The van der Waals surface area contributed by atoms with Crippen molar-refractivity contribution in [2.75, 3.05) is 9.80 Å². The molecule has 0 atom stereocenters. The van der Waals surface area contributed by atoms with Crippen molar-refractivity contribution in [2.24, 2.45) is 0 Å². The maximum absolute atomic E-state index is 13.5. The summed E-state index contributed by atoms with van der Waals surface area (Å²) >= 11 is 5.56. The molecule has 0 spiro atoms. The van der Waals surface area contributed by atoms with Gasteiger partial charge in [-0.1, -0.05) is 0 Å². The van der Waals surface area contributed by atoms with Gasteiger partial charge in [-0.2, -0.15) is 23.5 Å². The van der Waals surface area contributed by atoms with Gasteiger partial charge in [-0.05, 0) is 69.4 Å². The SMILES string of the molecule is CCn1ncc2cc(N3C(=S)N(c4ccc(C#N)c(C(F)(F)F)c4)C(=O)C3(C)C)ccc21. The number of amides is 1. The van der Waals surface area contributed by atoms with Gasteiger partial charge in [0, 0.05) is 17.6 Å². The maximum atomic E-state index is 13.5. The van der Waals surface area contributed by atoms with Crippen LogP contribution in [0.25, 0.3) is 10.9 Å². The summed E-state index contributed by atoms with van der Waals surface area (Å²) in [5, 5.41) is 14.3. The highest BCUT2D eigenvalue weighted by Crippen LogP contribution is 2.40. The summed E-state index contributed by atoms with van der Waals surface area (Å²) in [7, 11) is 0. The van der Waals surface area contributed by atoms with E-state index in [1.165, 1.54) is 6.07 Å². The minimum Gasteiger partial charge on any atom is -0.304 e. The highest BCUT2D eigenvalue weighted by Gasteiger charge is 2.50. The van der Waals surface area contributed by atoms with E-state index in [2.05, 4.69) is 5.10 Å². The Morgan fingerprint density at radius 2 is 1.84 bits per heavy atom. The molecule has 164 valence electrons. The van der Waals surface area contributed by atoms with Crippen LogP contribution in [0.5, 0.6) is 0 Å². The van der Waals surface area contributed by atoms with Gasteiger partial charge in [-0.15, -0.1) is 0 Å². The summed E-state index contributed by atoms with van der Waals surface area (Å²) in [4.78, 5) is 16.0. The fraction of sp³-hybridized carbons (Fsp3) is 0.273. The molecular weight excluding hydrogens is 439 g/mol. The van der Waals surface area contributed by atoms with E-state index in [1.54, 1.807) is 37.1 Å². The van der Waals surface area contributed by atoms with Gasteiger partial charge in [-0.3, -0.25) is 14.4 Å². The van der Waals surface area contributed by atoms with E-state index in [4.69, 9.17) is 17.5 Å². The second kappa shape index (κ2) is 7.31. The minimum absolute atomic E-state index is 0.0400. The molecule has 0 aliphatic carbocycles. The number of aryl methyl sites for hydroxylation is 1. The lowest BCUT2D eigenvalue weighted by molar-refractivity contribution is -0.137. The zero-order chi connectivity index (χ0) is 23.4. The second-order valence-electron chi connectivity index (χ2n) is 7.86. The molecule has 2 heterocycles. The fourth-order valence-electron chi connectivity index (χ4n) is 3.93. The summed E-state index contributed by atoms with van der Waals surface area (Å²) in [5.74, 6) is -0.468. The predicted molar refractivity (Wildman–Crippen MR) is 118 cm³/mol. The monoisotopic (exact) mass is 457 g/mol. The molecular formula is C22H18F3N5OS. The molecule has 1 amide bonds. The first kappa shape index (κ1) is 21.8. The molecule has 0 unspecified atom stereocenters. The van der Waals surface area contributed by atoms with E-state index >= 15 is 0 Å². The highest BCUT2D eigenvalue weighted by molar-refractivity contribution is 7.81. The van der Waals surface area contributed by atoms with E-state index in [9.17, 15) is 18.0 Å². The molecule has 3 aromatic rings. The van der Waals surface area contributed by atoms with Crippen LogP contribution in [0, 0.1) is 11.3 Å². The van der Waals surface area contributed by atoms with E-state index < -0.39 is 28.7 Å². The molecule has 6 nitrogen and oxygen atoms in total. The van der Waals surface area contributed by atoms with Gasteiger partial charge in [0.1, 0.15) is 5.54 Å². The average Bonchev–Trinajstić information content (AvgIpc) is 3.22. The molecule has 0 saturated carbocycles. The summed E-state index contributed by atoms with van der Waals surface area (Å²) in [6.45, 7) is 6.00. The van der Waals surface area contributed by atoms with Crippen LogP contribution < -0.4 is 9.80 Å². The van der Waals surface area contributed by atoms with Gasteiger partial charge in [0.2, 0.25) is 0 Å². The molecule has 4 rings (SSSR count). The number of alkyl halides is 3. The number of rotatable bonds is 3. The lowest BCUT2D eigenvalue weighted by atomic mass is 10.0. The number of halogens is 3. The Labute approximate surface area is 187 Å². The maximum Gasteiger partial charge on any atom is 0.417 e. The number of nitrogens with zero attached hydrogens (tertiary/aromatic N) is 5. The van der Waals surface area contributed by atoms with Crippen molar-refractivity contribution < 1.29 is 18.0 Å². The number of hydrogen-bond donors (Lipinski definition) is 0. The number of benzene rings is 2. The lowest BCUT2D eigenvalue weighted by Gasteiger charge is -2.29. The van der Waals surface area contributed by atoms with Crippen molar-refractivity contribution in [1.82, 2.24) is 9.78 Å². The van der Waals surface area contributed by atoms with Crippen molar-refractivity contribution in [3.8, 4) is 6.07 Å². The summed E-state index contributed by atoms with van der Waals surface area (Å²) < 4.78 is 42.2. The average molecular weight is 457 g/mol. The molecule has 10 heteroatoms. The number of aromatic nitrogens is 2. The van der Waals surface area contributed by atoms with Crippen LogP contribution in [-0.4, -0.2) is 26.3 Å². The molecule has 32 heavy (non-hydrogen) atoms. The Hall–Kier alpha value is -3.45. The van der Waals surface area contributed by atoms with Crippen LogP contribution in [0.1, 0.15) is 31.9 Å². The highest BCUT2D eigenvalue weighted by atomic mass is 32.1. The third kappa shape index (κ3) is 3.20. The zero-order valence-electron chi connectivity index (χ0n) is 17.4. The van der Waals surface area contributed by atoms with Gasteiger partial charge < -0.3 is 4.90 Å². The Morgan fingerprint density at radius 3 is 2.47 bits per heavy atom. The zero-order valence-corrected chi connectivity index (χ0v) is 18.3. The number of anilines is 2. The third-order valence-corrected chi connectivity index (χ3v) is 5.90. The van der Waals surface area contributed by atoms with E-state index in [1.807, 2.05) is 23.7 Å². The van der Waals surface area contributed by atoms with Crippen molar-refractivity contribution in [3.05, 3.63) is 53.7 Å². The second-order valence-corrected chi connectivity index (χ2v) is 8.23. The number of hydrogen-bond acceptors (Lipinski definition) is 4. The first-order chi connectivity index (χ1) is 15.0. The Balaban J connectivity index is 1.81. The quantitative estimate of drug-likeness (QED) is 0.526. The van der Waals surface area contributed by atoms with E-state index in [0.717, 1.165) is 27.9 Å². The van der Waals surface area contributed by atoms with Crippen LogP contribution in [0.4, 0.5) is 24.5 Å². The fourth-order valence-corrected chi connectivity index (χ4v) is 4.45. The molecule has 0 radical (unpaired) electrons. The molecule has 1 fully saturated rings. The number of nitriles is 1. The van der Waals surface area contributed by atoms with Crippen molar-refractivity contribution in [3.63, 3.8) is 0 Å². The molecule has 1 aliphatic heterocycles. The summed E-state index contributed by atoms with van der Waals surface area (Å²) in [6.07, 6.45) is -3.03. The predicted octanol–water partition coefficient (Wildman–Crippen LogP) is 4.86. The lowest BCUT2D eigenvalue weighted by Crippen LogP contribution is -2.44. The molecule has 0 N–H and O–H groups in total. The third-order valence-electron chi connectivity index (χ3n) is 5.54. The van der Waals surface area contributed by atoms with Crippen molar-refractivity contribution in [1.29, 1.82) is 5.26 Å². The van der Waals surface area contributed by atoms with Crippen LogP contribution in [0.2, 0.25) is 0 Å². The topological polar surface area (TPSA) is 65.2 Å². The van der Waals surface area contributed by atoms with Crippen LogP contribution in [0.15, 0.2) is 42.6 Å². The Morgan fingerprint density at radius 1 is 1.16 bits per heavy atom. The van der Waals surface area contributed by atoms with E-state index in [0.29, 0.717) is 12.2 Å². The molecule has 1 saturated heterocycles. The van der Waals surface area contributed by atoms with Crippen LogP contribution >= 0.6 is 12.2 Å². The van der Waals surface area contributed by atoms with Crippen molar-refractivity contribution in [2.45, 2.75) is 39.0 Å². The van der Waals surface area contributed by atoms with Crippen LogP contribution in [-0.2, 0) is 17.5 Å². The standard InChI is InChI=1S/C22H18F3N5OS/c1-4-28-18-8-7-16(9-14(18)12-27-28)30-20(32)29(19(31)21(30,2)3)15-6-5-13(11-26)17(10-15)22(23,24)25/h5-10,12H,4H2,1-3H3. The minimum atomic E-state index is -4.74. The van der Waals surface area contributed by atoms with Gasteiger partial charge in [-0.25, -0.2) is 0 Å². The molecule has 0 bridgehead atoms. The number of carbonyl (C=O) groups excluding carboxylic acids is 1. The smallest absolute Gasteiger partial charge is 0.304 e. The molecule has 2 aromatic carbocycles. The first-order valence-electron chi connectivity index (χ1n) is 9.76. The summed E-state index contributed by atoms with van der Waals surface area (Å²) in [6, 6.07) is 10.2. The van der Waals surface area contributed by atoms with Gasteiger partial charge in [0.15, 0.2) is 5.11 Å². The number of thiocarbonyl (C=S) groups is 1. The Bertz CT molecular complexity index is 1310. The Kier molecular flexibility index (Phi) is 4.97. The number of fused-ring (bicyclic) bond motifs is 1. The molecule has 1 aromatic heterocycles. The van der Waals surface area contributed by atoms with Gasteiger partial charge >= 0.3 is 6.18 Å². The summed E-state index contributed by atoms with van der Waals surface area (Å²) in [5.41, 5.74) is -1.27. The molecule has 1 aliphatic rings. The van der Waals surface area contributed by atoms with Gasteiger partial charge in [0.25, 0.3) is 5.91 Å². The number of carbonyl (C=O) groups is 1. The van der Waals surface area contributed by atoms with E-state index in [-0.39, 0.29) is 10.8 Å². The van der Waals surface area contributed by atoms with Gasteiger partial charge in [0.05, 0.1) is 34.6 Å².